The van der Waals surface area contributed by atoms with Gasteiger partial charge in [0.05, 0.1) is 23.9 Å². The van der Waals surface area contributed by atoms with Crippen molar-refractivity contribution in [2.45, 2.75) is 0 Å². The van der Waals surface area contributed by atoms with Gasteiger partial charge in [-0.3, -0.25) is 9.59 Å². The Morgan fingerprint density at radius 3 is 2.38 bits per heavy atom. The Hall–Kier alpha value is -5.38. The molecule has 5 aromatic rings. The molecule has 0 aliphatic rings. The number of rotatable bonds is 7. The minimum absolute atomic E-state index is 0.0170. The number of benzene rings is 4. The number of oxazole rings is 1. The maximum absolute atomic E-state index is 13.7. The van der Waals surface area contributed by atoms with Crippen LogP contribution in [0.5, 0.6) is 5.75 Å². The summed E-state index contributed by atoms with van der Waals surface area (Å²) in [5, 5.41) is 11.9. The normalized spacial score (nSPS) is 10.8. The van der Waals surface area contributed by atoms with Gasteiger partial charge in [-0.25, -0.2) is 18.6 Å². The van der Waals surface area contributed by atoms with Crippen LogP contribution in [-0.4, -0.2) is 35.4 Å². The van der Waals surface area contributed by atoms with E-state index in [4.69, 9.17) is 9.15 Å². The summed E-state index contributed by atoms with van der Waals surface area (Å²) < 4.78 is 38.3. The molecule has 0 radical (unpaired) electrons. The van der Waals surface area contributed by atoms with Gasteiger partial charge in [-0.2, -0.15) is 0 Å². The Labute approximate surface area is 219 Å². The first-order valence-corrected chi connectivity index (χ1v) is 11.5. The number of aromatic carboxylic acids is 1. The highest BCUT2D eigenvalue weighted by molar-refractivity contribution is 6.10. The predicted octanol–water partition coefficient (Wildman–Crippen LogP) is 6.21. The first-order chi connectivity index (χ1) is 18.8. The molecule has 0 unspecified atom stereocenters. The van der Waals surface area contributed by atoms with E-state index in [1.54, 1.807) is 36.4 Å². The van der Waals surface area contributed by atoms with E-state index in [9.17, 15) is 28.3 Å². The molecule has 1 aromatic heterocycles. The van der Waals surface area contributed by atoms with Crippen LogP contribution in [0.2, 0.25) is 0 Å². The van der Waals surface area contributed by atoms with Crippen molar-refractivity contribution >= 4 is 34.9 Å². The van der Waals surface area contributed by atoms with Gasteiger partial charge in [-0.15, -0.1) is 0 Å². The molecule has 0 saturated carbocycles. The number of hydrogen-bond acceptors (Lipinski definition) is 6. The molecule has 8 nitrogen and oxygen atoms in total. The summed E-state index contributed by atoms with van der Waals surface area (Å²) in [6, 6.07) is 17.0. The molecule has 0 atom stereocenters. The number of methoxy groups -OCH3 is 1. The molecule has 0 aliphatic heterocycles. The maximum atomic E-state index is 13.7. The van der Waals surface area contributed by atoms with Crippen molar-refractivity contribution in [2.24, 2.45) is 0 Å². The lowest BCUT2D eigenvalue weighted by Crippen LogP contribution is -2.16. The Bertz CT molecular complexity index is 1780. The van der Waals surface area contributed by atoms with Crippen LogP contribution in [0.4, 0.5) is 14.5 Å². The lowest BCUT2D eigenvalue weighted by atomic mass is 10.0. The number of nitrogens with zero attached hydrogens (tertiary/aromatic N) is 1. The highest BCUT2D eigenvalue weighted by Gasteiger charge is 2.18. The number of carboxylic acid groups (broad SMARTS) is 1. The molecule has 0 spiro atoms. The molecular formula is C29H18F2N2O6. The molecular weight excluding hydrogens is 510 g/mol. The quantitative estimate of drug-likeness (QED) is 0.241. The fourth-order valence-corrected chi connectivity index (χ4v) is 4.02. The van der Waals surface area contributed by atoms with Gasteiger partial charge in [0.1, 0.15) is 11.3 Å². The molecule has 1 amide bonds. The Balaban J connectivity index is 1.49. The van der Waals surface area contributed by atoms with E-state index in [1.807, 2.05) is 0 Å². The van der Waals surface area contributed by atoms with Crippen LogP contribution in [0.15, 0.2) is 77.2 Å². The zero-order valence-electron chi connectivity index (χ0n) is 20.2. The molecule has 39 heavy (non-hydrogen) atoms. The van der Waals surface area contributed by atoms with Gasteiger partial charge >= 0.3 is 5.97 Å². The van der Waals surface area contributed by atoms with Crippen molar-refractivity contribution in [3.8, 4) is 28.3 Å². The third-order valence-corrected chi connectivity index (χ3v) is 6.01. The number of aldehydes is 1. The fraction of sp³-hybridized carbons (Fsp3) is 0.0345. The van der Waals surface area contributed by atoms with E-state index >= 15 is 0 Å². The number of ether oxygens (including phenoxy) is 1. The van der Waals surface area contributed by atoms with Gasteiger partial charge < -0.3 is 19.6 Å². The van der Waals surface area contributed by atoms with Crippen molar-refractivity contribution < 1.29 is 37.4 Å². The zero-order valence-corrected chi connectivity index (χ0v) is 20.2. The topological polar surface area (TPSA) is 119 Å². The lowest BCUT2D eigenvalue weighted by Gasteiger charge is -2.12. The minimum atomic E-state index is -1.25. The fourth-order valence-electron chi connectivity index (χ4n) is 4.02. The number of carbonyl (C=O) groups excluding carboxylic acids is 2. The van der Waals surface area contributed by atoms with Crippen molar-refractivity contribution in [1.29, 1.82) is 0 Å². The Morgan fingerprint density at radius 2 is 1.67 bits per heavy atom. The Kier molecular flexibility index (Phi) is 6.59. The second-order valence-electron chi connectivity index (χ2n) is 8.42. The van der Waals surface area contributed by atoms with Crippen LogP contribution >= 0.6 is 0 Å². The maximum Gasteiger partial charge on any atom is 0.335 e. The van der Waals surface area contributed by atoms with E-state index in [2.05, 4.69) is 10.3 Å². The summed E-state index contributed by atoms with van der Waals surface area (Å²) in [6.45, 7) is 0. The molecule has 10 heteroatoms. The van der Waals surface area contributed by atoms with E-state index in [0.29, 0.717) is 39.8 Å². The van der Waals surface area contributed by atoms with Crippen molar-refractivity contribution in [2.75, 3.05) is 12.4 Å². The monoisotopic (exact) mass is 528 g/mol. The largest absolute Gasteiger partial charge is 0.495 e. The molecule has 2 N–H and O–H groups in total. The van der Waals surface area contributed by atoms with E-state index in [1.165, 1.54) is 25.3 Å². The number of carboxylic acids is 1. The minimum Gasteiger partial charge on any atom is -0.495 e. The highest BCUT2D eigenvalue weighted by atomic mass is 19.2. The van der Waals surface area contributed by atoms with E-state index in [-0.39, 0.29) is 28.3 Å². The molecule has 0 aliphatic carbocycles. The summed E-state index contributed by atoms with van der Waals surface area (Å²) >= 11 is 0. The van der Waals surface area contributed by atoms with Crippen LogP contribution in [0.1, 0.15) is 31.1 Å². The molecule has 0 saturated heterocycles. The average molecular weight is 528 g/mol. The van der Waals surface area contributed by atoms with Crippen LogP contribution in [0.25, 0.3) is 33.7 Å². The van der Waals surface area contributed by atoms with Crippen LogP contribution in [0, 0.1) is 11.6 Å². The van der Waals surface area contributed by atoms with Crippen LogP contribution < -0.4 is 10.1 Å². The van der Waals surface area contributed by atoms with Gasteiger partial charge in [0.15, 0.2) is 23.5 Å². The summed E-state index contributed by atoms with van der Waals surface area (Å²) in [4.78, 5) is 40.3. The summed E-state index contributed by atoms with van der Waals surface area (Å²) in [5.41, 5.74) is 2.44. The molecule has 0 bridgehead atoms. The number of fused-ring (bicyclic) bond motifs is 1. The Morgan fingerprint density at radius 1 is 0.923 bits per heavy atom. The zero-order chi connectivity index (χ0) is 27.7. The van der Waals surface area contributed by atoms with Gasteiger partial charge in [-0.05, 0) is 65.7 Å². The van der Waals surface area contributed by atoms with Gasteiger partial charge in [0.25, 0.3) is 5.91 Å². The summed E-state index contributed by atoms with van der Waals surface area (Å²) in [7, 11) is 1.41. The van der Waals surface area contributed by atoms with Crippen molar-refractivity contribution in [1.82, 2.24) is 4.98 Å². The third-order valence-electron chi connectivity index (χ3n) is 6.01. The second kappa shape index (κ2) is 10.2. The first-order valence-electron chi connectivity index (χ1n) is 11.5. The van der Waals surface area contributed by atoms with Crippen LogP contribution in [0.3, 0.4) is 0 Å². The number of hydrogen-bond donors (Lipinski definition) is 2. The number of anilines is 1. The molecule has 194 valence electrons. The second-order valence-corrected chi connectivity index (χ2v) is 8.42. The van der Waals surface area contributed by atoms with E-state index in [0.717, 1.165) is 18.2 Å². The molecule has 1 heterocycles. The summed E-state index contributed by atoms with van der Waals surface area (Å²) in [6.07, 6.45) is 0.459. The first kappa shape index (κ1) is 25.3. The summed E-state index contributed by atoms with van der Waals surface area (Å²) in [5.74, 6) is -3.36. The van der Waals surface area contributed by atoms with Crippen molar-refractivity contribution in [3.05, 3.63) is 101 Å². The molecule has 4 aromatic carbocycles. The number of aromatic nitrogens is 1. The van der Waals surface area contributed by atoms with Crippen LogP contribution in [-0.2, 0) is 0 Å². The average Bonchev–Trinajstić information content (AvgIpc) is 3.37. The highest BCUT2D eigenvalue weighted by Crippen LogP contribution is 2.33. The van der Waals surface area contributed by atoms with Gasteiger partial charge in [0, 0.05) is 11.1 Å². The third kappa shape index (κ3) is 4.95. The van der Waals surface area contributed by atoms with Gasteiger partial charge in [-0.1, -0.05) is 18.2 Å². The SMILES string of the molecule is COc1ccc(-c2nc3cc(-c4ccc(F)c(F)c4)ccc3o2)cc1NC(=O)c1cc(C(=O)O)ccc1C=O. The number of nitrogens with one attached hydrogen (secondary N) is 1. The lowest BCUT2D eigenvalue weighted by molar-refractivity contribution is 0.0696. The smallest absolute Gasteiger partial charge is 0.335 e. The van der Waals surface area contributed by atoms with E-state index < -0.39 is 23.5 Å². The van der Waals surface area contributed by atoms with Gasteiger partial charge in [0.2, 0.25) is 5.89 Å². The standard InChI is InChI=1S/C29H18F2N2O6/c1-38-25-8-6-17(13-23(25)32-27(35)20-10-18(29(36)37)2-3-19(20)14-34)28-33-24-12-16(5-9-26(24)39-28)15-4-7-21(30)22(31)11-15/h2-14H,1H3,(H,32,35)(H,36,37). The number of amides is 1. The number of carbonyl (C=O) groups is 3. The predicted molar refractivity (Wildman–Crippen MR) is 138 cm³/mol. The number of halogens is 2. The molecule has 5 rings (SSSR count). The molecule has 0 fully saturated rings. The van der Waals surface area contributed by atoms with Crippen molar-refractivity contribution in [3.63, 3.8) is 0 Å².